The average molecular weight is 343 g/mol. The smallest absolute Gasteiger partial charge is 0.344 e. The van der Waals surface area contributed by atoms with Crippen molar-refractivity contribution in [2.24, 2.45) is 5.92 Å². The van der Waals surface area contributed by atoms with E-state index in [0.29, 0.717) is 11.0 Å². The van der Waals surface area contributed by atoms with Crippen molar-refractivity contribution in [2.45, 2.75) is 58.0 Å². The third-order valence-electron chi connectivity index (χ3n) is 4.72. The lowest BCUT2D eigenvalue weighted by atomic mass is 9.94. The lowest BCUT2D eigenvalue weighted by molar-refractivity contribution is -0.124. The maximum atomic E-state index is 12.7. The van der Waals surface area contributed by atoms with Crippen molar-refractivity contribution in [1.29, 1.82) is 0 Å². The van der Waals surface area contributed by atoms with Crippen LogP contribution in [0.2, 0.25) is 0 Å². The Balaban J connectivity index is 1.70. The van der Waals surface area contributed by atoms with Crippen LogP contribution in [0, 0.1) is 5.92 Å². The lowest BCUT2D eigenvalue weighted by Gasteiger charge is -2.27. The molecular formula is C18H25N5O2. The molecule has 1 aromatic carbocycles. The molecule has 2 aromatic rings. The zero-order valence-corrected chi connectivity index (χ0v) is 14.7. The van der Waals surface area contributed by atoms with Crippen molar-refractivity contribution in [3.05, 3.63) is 24.3 Å². The monoisotopic (exact) mass is 343 g/mol. The molecule has 1 atom stereocenters. The van der Waals surface area contributed by atoms with Gasteiger partial charge in [0.25, 0.3) is 0 Å². The molecule has 0 spiro atoms. The third kappa shape index (κ3) is 3.97. The molecule has 0 bridgehead atoms. The van der Waals surface area contributed by atoms with Crippen LogP contribution in [0.25, 0.3) is 11.0 Å². The van der Waals surface area contributed by atoms with Crippen molar-refractivity contribution in [3.63, 3.8) is 0 Å². The molecule has 0 radical (unpaired) electrons. The summed E-state index contributed by atoms with van der Waals surface area (Å²) < 4.78 is 1.21. The van der Waals surface area contributed by atoms with Crippen molar-refractivity contribution in [2.75, 3.05) is 0 Å². The summed E-state index contributed by atoms with van der Waals surface area (Å²) in [4.78, 5) is 25.3. The summed E-state index contributed by atoms with van der Waals surface area (Å²) in [5, 5.41) is 13.8. The normalized spacial score (nSPS) is 16.8. The highest BCUT2D eigenvalue weighted by atomic mass is 16.2. The molecule has 7 heteroatoms. The van der Waals surface area contributed by atoms with Crippen molar-refractivity contribution in [1.82, 2.24) is 25.6 Å². The number of hydrogen-bond donors (Lipinski definition) is 2. The molecule has 1 saturated carbocycles. The highest BCUT2D eigenvalue weighted by Crippen LogP contribution is 2.18. The van der Waals surface area contributed by atoms with Crippen LogP contribution in [0.4, 0.5) is 4.79 Å². The molecule has 1 heterocycles. The van der Waals surface area contributed by atoms with Gasteiger partial charge in [0, 0.05) is 6.04 Å². The molecule has 0 unspecified atom stereocenters. The molecule has 25 heavy (non-hydrogen) atoms. The van der Waals surface area contributed by atoms with E-state index in [2.05, 4.69) is 20.9 Å². The summed E-state index contributed by atoms with van der Waals surface area (Å²) in [7, 11) is 0. The number of carbonyl (C=O) groups excluding carboxylic acids is 2. The fraction of sp³-hybridized carbons (Fsp3) is 0.556. The van der Waals surface area contributed by atoms with Gasteiger partial charge in [-0.25, -0.2) is 4.79 Å². The van der Waals surface area contributed by atoms with Gasteiger partial charge in [0.05, 0.1) is 5.52 Å². The quantitative estimate of drug-likeness (QED) is 0.892. The van der Waals surface area contributed by atoms with E-state index in [4.69, 9.17) is 0 Å². The SMILES string of the molecule is CC(C)[C@H](NC(=O)n1nnc2ccccc21)C(=O)NC1CCCCC1. The van der Waals surface area contributed by atoms with Crippen LogP contribution in [-0.2, 0) is 4.79 Å². The minimum atomic E-state index is -0.600. The Labute approximate surface area is 147 Å². The number of carbonyl (C=O) groups is 2. The van der Waals surface area contributed by atoms with Gasteiger partial charge in [0.2, 0.25) is 5.91 Å². The Hall–Kier alpha value is -2.44. The summed E-state index contributed by atoms with van der Waals surface area (Å²) in [6.45, 7) is 3.84. The fourth-order valence-corrected chi connectivity index (χ4v) is 3.29. The number of fused-ring (bicyclic) bond motifs is 1. The average Bonchev–Trinajstić information content (AvgIpc) is 3.04. The van der Waals surface area contributed by atoms with Crippen LogP contribution in [0.3, 0.4) is 0 Å². The van der Waals surface area contributed by atoms with Gasteiger partial charge >= 0.3 is 6.03 Å². The van der Waals surface area contributed by atoms with Crippen LogP contribution in [0.15, 0.2) is 24.3 Å². The Morgan fingerprint density at radius 3 is 2.60 bits per heavy atom. The molecule has 1 aliphatic rings. The summed E-state index contributed by atoms with van der Waals surface area (Å²) >= 11 is 0. The summed E-state index contributed by atoms with van der Waals surface area (Å²) in [5.41, 5.74) is 1.26. The predicted molar refractivity (Wildman–Crippen MR) is 95.1 cm³/mol. The van der Waals surface area contributed by atoms with Crippen molar-refractivity contribution < 1.29 is 9.59 Å². The lowest BCUT2D eigenvalue weighted by Crippen LogP contribution is -2.53. The third-order valence-corrected chi connectivity index (χ3v) is 4.72. The van der Waals surface area contributed by atoms with Crippen molar-refractivity contribution in [3.8, 4) is 0 Å². The first-order valence-electron chi connectivity index (χ1n) is 8.98. The molecule has 1 aliphatic carbocycles. The predicted octanol–water partition coefficient (Wildman–Crippen LogP) is 2.46. The maximum absolute atomic E-state index is 12.7. The Bertz CT molecular complexity index is 749. The molecule has 2 amide bonds. The molecule has 134 valence electrons. The van der Waals surface area contributed by atoms with Crippen molar-refractivity contribution >= 4 is 23.0 Å². The largest absolute Gasteiger partial charge is 0.352 e. The number of hydrogen-bond acceptors (Lipinski definition) is 4. The van der Waals surface area contributed by atoms with Gasteiger partial charge < -0.3 is 10.6 Å². The first-order chi connectivity index (χ1) is 12.1. The van der Waals surface area contributed by atoms with Gasteiger partial charge in [-0.2, -0.15) is 4.68 Å². The molecule has 0 saturated heterocycles. The Morgan fingerprint density at radius 2 is 1.88 bits per heavy atom. The fourth-order valence-electron chi connectivity index (χ4n) is 3.29. The Kier molecular flexibility index (Phi) is 5.31. The number of rotatable bonds is 4. The van der Waals surface area contributed by atoms with Crippen LogP contribution < -0.4 is 10.6 Å². The van der Waals surface area contributed by atoms with Gasteiger partial charge in [-0.15, -0.1) is 5.10 Å². The maximum Gasteiger partial charge on any atom is 0.344 e. The summed E-state index contributed by atoms with van der Waals surface area (Å²) in [6, 6.07) is 6.41. The molecule has 1 aromatic heterocycles. The van der Waals surface area contributed by atoms with Gasteiger partial charge in [0.1, 0.15) is 11.6 Å². The molecule has 2 N–H and O–H groups in total. The molecule has 0 aliphatic heterocycles. The number of nitrogens with zero attached hydrogens (tertiary/aromatic N) is 3. The molecule has 3 rings (SSSR count). The van der Waals surface area contributed by atoms with Crippen LogP contribution >= 0.6 is 0 Å². The van der Waals surface area contributed by atoms with E-state index < -0.39 is 12.1 Å². The zero-order chi connectivity index (χ0) is 17.8. The zero-order valence-electron chi connectivity index (χ0n) is 14.7. The van der Waals surface area contributed by atoms with E-state index in [9.17, 15) is 9.59 Å². The molecular weight excluding hydrogens is 318 g/mol. The number of amides is 2. The van der Waals surface area contributed by atoms with Crippen LogP contribution in [-0.4, -0.2) is 39.0 Å². The van der Waals surface area contributed by atoms with Gasteiger partial charge in [-0.1, -0.05) is 50.5 Å². The molecule has 1 fully saturated rings. The van der Waals surface area contributed by atoms with E-state index in [-0.39, 0.29) is 17.9 Å². The standard InChI is InChI=1S/C18H25N5O2/c1-12(2)16(17(24)19-13-8-4-3-5-9-13)20-18(25)23-15-11-7-6-10-14(15)21-22-23/h6-7,10-13,16H,3-5,8-9H2,1-2H3,(H,19,24)(H,20,25)/t16-/m0/s1. The van der Waals surface area contributed by atoms with Crippen LogP contribution in [0.5, 0.6) is 0 Å². The highest BCUT2D eigenvalue weighted by molar-refractivity contribution is 5.91. The summed E-state index contributed by atoms with van der Waals surface area (Å²) in [6.07, 6.45) is 5.55. The van der Waals surface area contributed by atoms with E-state index in [1.54, 1.807) is 12.1 Å². The Morgan fingerprint density at radius 1 is 1.16 bits per heavy atom. The first-order valence-corrected chi connectivity index (χ1v) is 8.98. The number of aromatic nitrogens is 3. The summed E-state index contributed by atoms with van der Waals surface area (Å²) in [5.74, 6) is -0.151. The van der Waals surface area contributed by atoms with E-state index >= 15 is 0 Å². The number of para-hydroxylation sites is 1. The number of benzene rings is 1. The second-order valence-electron chi connectivity index (χ2n) is 7.00. The highest BCUT2D eigenvalue weighted by Gasteiger charge is 2.28. The minimum absolute atomic E-state index is 0.0256. The van der Waals surface area contributed by atoms with Gasteiger partial charge in [0.15, 0.2) is 0 Å². The van der Waals surface area contributed by atoms with Gasteiger partial charge in [-0.3, -0.25) is 4.79 Å². The second-order valence-corrected chi connectivity index (χ2v) is 7.00. The second kappa shape index (κ2) is 7.63. The van der Waals surface area contributed by atoms with E-state index in [0.717, 1.165) is 25.7 Å². The van der Waals surface area contributed by atoms with E-state index in [1.165, 1.54) is 11.1 Å². The number of nitrogens with one attached hydrogen (secondary N) is 2. The topological polar surface area (TPSA) is 88.9 Å². The van der Waals surface area contributed by atoms with Gasteiger partial charge in [-0.05, 0) is 30.9 Å². The molecule has 7 nitrogen and oxygen atoms in total. The first kappa shape index (κ1) is 17.4. The van der Waals surface area contributed by atoms with E-state index in [1.807, 2.05) is 26.0 Å². The van der Waals surface area contributed by atoms with Crippen LogP contribution in [0.1, 0.15) is 46.0 Å². The minimum Gasteiger partial charge on any atom is -0.352 e.